The van der Waals surface area contributed by atoms with Crippen LogP contribution in [-0.4, -0.2) is 28.4 Å². The molecule has 0 amide bonds. The van der Waals surface area contributed by atoms with Crippen molar-refractivity contribution in [3.63, 3.8) is 0 Å². The van der Waals surface area contributed by atoms with Crippen LogP contribution in [0.3, 0.4) is 0 Å². The van der Waals surface area contributed by atoms with E-state index in [-0.39, 0.29) is 17.9 Å². The van der Waals surface area contributed by atoms with Gasteiger partial charge in [-0.3, -0.25) is 0 Å². The van der Waals surface area contributed by atoms with Gasteiger partial charge in [-0.2, -0.15) is 0 Å². The molecule has 3 rings (SSSR count). The van der Waals surface area contributed by atoms with Crippen molar-refractivity contribution in [1.82, 2.24) is 9.55 Å². The smallest absolute Gasteiger partial charge is 0.340 e. The molecule has 0 bridgehead atoms. The van der Waals surface area contributed by atoms with Gasteiger partial charge in [0.05, 0.1) is 12.2 Å². The number of esters is 1. The van der Waals surface area contributed by atoms with Gasteiger partial charge in [-0.25, -0.2) is 9.78 Å². The fourth-order valence-electron chi connectivity index (χ4n) is 4.19. The molecule has 1 saturated carbocycles. The van der Waals surface area contributed by atoms with Crippen molar-refractivity contribution in [2.75, 3.05) is 6.61 Å². The molecule has 2 aromatic heterocycles. The Labute approximate surface area is 148 Å². The van der Waals surface area contributed by atoms with Gasteiger partial charge in [0.25, 0.3) is 0 Å². The van der Waals surface area contributed by atoms with Crippen LogP contribution in [0.4, 0.5) is 0 Å². The molecule has 0 aromatic carbocycles. The van der Waals surface area contributed by atoms with Crippen LogP contribution in [-0.2, 0) is 9.53 Å². The van der Waals surface area contributed by atoms with E-state index in [0.29, 0.717) is 18.1 Å². The zero-order valence-corrected chi connectivity index (χ0v) is 15.2. The number of fused-ring (bicyclic) bond motifs is 1. The van der Waals surface area contributed by atoms with Crippen molar-refractivity contribution in [3.8, 4) is 0 Å². The van der Waals surface area contributed by atoms with Gasteiger partial charge in [0.15, 0.2) is 0 Å². The number of carbonyl (C=O) groups excluding carboxylic acids is 2. The highest BCUT2D eigenvalue weighted by Gasteiger charge is 2.30. The molecule has 0 saturated heterocycles. The number of hydrogen-bond donors (Lipinski definition) is 0. The maximum atomic E-state index is 12.5. The van der Waals surface area contributed by atoms with Crippen molar-refractivity contribution in [3.05, 3.63) is 29.6 Å². The van der Waals surface area contributed by atoms with Gasteiger partial charge in [-0.1, -0.05) is 0 Å². The van der Waals surface area contributed by atoms with Gasteiger partial charge in [0.1, 0.15) is 11.9 Å². The molecular formula is C20H26N2O3. The highest BCUT2D eigenvalue weighted by molar-refractivity contribution is 6.05. The summed E-state index contributed by atoms with van der Waals surface area (Å²) in [6.45, 7) is 6.35. The molecule has 1 fully saturated rings. The molecule has 2 aromatic rings. The number of aromatic nitrogens is 2. The second-order valence-electron chi connectivity index (χ2n) is 6.98. The highest BCUT2D eigenvalue weighted by atomic mass is 16.5. The maximum absolute atomic E-state index is 12.5. The summed E-state index contributed by atoms with van der Waals surface area (Å²) < 4.78 is 7.45. The lowest BCUT2D eigenvalue weighted by atomic mass is 9.79. The first-order valence-corrected chi connectivity index (χ1v) is 9.16. The van der Waals surface area contributed by atoms with E-state index in [1.807, 2.05) is 26.0 Å². The van der Waals surface area contributed by atoms with Crippen LogP contribution >= 0.6 is 0 Å². The molecule has 0 aliphatic heterocycles. The van der Waals surface area contributed by atoms with Crippen molar-refractivity contribution in [1.29, 1.82) is 0 Å². The Kier molecular flexibility index (Phi) is 5.21. The average Bonchev–Trinajstić information content (AvgIpc) is 2.93. The molecule has 1 aliphatic rings. The normalized spacial score (nSPS) is 21.9. The number of pyridine rings is 1. The number of aldehydes is 1. The maximum Gasteiger partial charge on any atom is 0.340 e. The van der Waals surface area contributed by atoms with Gasteiger partial charge in [-0.15, -0.1) is 0 Å². The number of nitrogens with zero attached hydrogens (tertiary/aromatic N) is 2. The van der Waals surface area contributed by atoms with E-state index in [4.69, 9.17) is 4.74 Å². The third-order valence-corrected chi connectivity index (χ3v) is 5.59. The molecule has 2 heterocycles. The summed E-state index contributed by atoms with van der Waals surface area (Å²) in [7, 11) is 0. The molecular weight excluding hydrogens is 316 g/mol. The lowest BCUT2D eigenvalue weighted by molar-refractivity contribution is -0.112. The highest BCUT2D eigenvalue weighted by Crippen LogP contribution is 2.38. The van der Waals surface area contributed by atoms with E-state index in [1.54, 1.807) is 6.20 Å². The standard InChI is InChI=1S/C20H26N2O3/c1-4-25-20(24)18-14(3)22(19-17(18)6-5-11-21-19)13(2)16-9-7-15(12-23)8-10-16/h5-6,11-13,15-16H,4,7-10H2,1-3H3/t13-,15?,16?/m1/s1. The molecule has 5 heteroatoms. The number of ether oxygens (including phenoxy) is 1. The summed E-state index contributed by atoms with van der Waals surface area (Å²) in [6, 6.07) is 4.02. The SMILES string of the molecule is CCOC(=O)c1c(C)n([C@H](C)C2CCC(C=O)CC2)c2ncccc12. The first kappa shape index (κ1) is 17.6. The minimum Gasteiger partial charge on any atom is -0.462 e. The van der Waals surface area contributed by atoms with E-state index in [0.717, 1.165) is 48.7 Å². The van der Waals surface area contributed by atoms with Gasteiger partial charge in [0, 0.05) is 29.2 Å². The molecule has 1 atom stereocenters. The van der Waals surface area contributed by atoms with Gasteiger partial charge in [-0.05, 0) is 64.5 Å². The Balaban J connectivity index is 2.00. The summed E-state index contributed by atoms with van der Waals surface area (Å²) in [4.78, 5) is 28.0. The minimum atomic E-state index is -0.284. The third kappa shape index (κ3) is 3.20. The summed E-state index contributed by atoms with van der Waals surface area (Å²) in [5.41, 5.74) is 2.38. The number of carbonyl (C=O) groups is 2. The number of hydrogen-bond acceptors (Lipinski definition) is 4. The first-order valence-electron chi connectivity index (χ1n) is 9.16. The first-order chi connectivity index (χ1) is 12.1. The summed E-state index contributed by atoms with van der Waals surface area (Å²) in [5.74, 6) is 0.412. The summed E-state index contributed by atoms with van der Waals surface area (Å²) in [5, 5.41) is 0.854. The Morgan fingerprint density at radius 1 is 1.40 bits per heavy atom. The van der Waals surface area contributed by atoms with E-state index in [2.05, 4.69) is 16.5 Å². The fourth-order valence-corrected chi connectivity index (χ4v) is 4.19. The second-order valence-corrected chi connectivity index (χ2v) is 6.98. The molecule has 5 nitrogen and oxygen atoms in total. The largest absolute Gasteiger partial charge is 0.462 e. The summed E-state index contributed by atoms with van der Waals surface area (Å²) >= 11 is 0. The van der Waals surface area contributed by atoms with Gasteiger partial charge in [0.2, 0.25) is 0 Å². The Morgan fingerprint density at radius 3 is 2.76 bits per heavy atom. The summed E-state index contributed by atoms with van der Waals surface area (Å²) in [6.07, 6.45) is 6.83. The zero-order valence-electron chi connectivity index (χ0n) is 15.2. The zero-order chi connectivity index (χ0) is 18.0. The van der Waals surface area contributed by atoms with Crippen LogP contribution in [0.5, 0.6) is 0 Å². The third-order valence-electron chi connectivity index (χ3n) is 5.59. The molecule has 134 valence electrons. The molecule has 0 unspecified atom stereocenters. The Morgan fingerprint density at radius 2 is 2.12 bits per heavy atom. The quantitative estimate of drug-likeness (QED) is 0.606. The Hall–Kier alpha value is -2.17. The molecule has 1 aliphatic carbocycles. The molecule has 0 N–H and O–H groups in total. The lowest BCUT2D eigenvalue weighted by Gasteiger charge is -2.32. The molecule has 25 heavy (non-hydrogen) atoms. The van der Waals surface area contributed by atoms with Crippen LogP contribution < -0.4 is 0 Å². The average molecular weight is 342 g/mol. The predicted octanol–water partition coefficient (Wildman–Crippen LogP) is 4.09. The second kappa shape index (κ2) is 7.38. The predicted molar refractivity (Wildman–Crippen MR) is 96.6 cm³/mol. The van der Waals surface area contributed by atoms with E-state index in [9.17, 15) is 9.59 Å². The van der Waals surface area contributed by atoms with Crippen LogP contribution in [0.2, 0.25) is 0 Å². The van der Waals surface area contributed by atoms with Crippen LogP contribution in [0, 0.1) is 18.8 Å². The van der Waals surface area contributed by atoms with Gasteiger partial charge < -0.3 is 14.1 Å². The van der Waals surface area contributed by atoms with Crippen LogP contribution in [0.15, 0.2) is 18.3 Å². The van der Waals surface area contributed by atoms with Gasteiger partial charge >= 0.3 is 5.97 Å². The lowest BCUT2D eigenvalue weighted by Crippen LogP contribution is -2.24. The molecule has 0 radical (unpaired) electrons. The Bertz CT molecular complexity index is 773. The van der Waals surface area contributed by atoms with Crippen molar-refractivity contribution in [2.24, 2.45) is 11.8 Å². The van der Waals surface area contributed by atoms with Crippen molar-refractivity contribution >= 4 is 23.3 Å². The molecule has 0 spiro atoms. The topological polar surface area (TPSA) is 61.2 Å². The monoisotopic (exact) mass is 342 g/mol. The van der Waals surface area contributed by atoms with E-state index < -0.39 is 0 Å². The van der Waals surface area contributed by atoms with Crippen LogP contribution in [0.25, 0.3) is 11.0 Å². The number of rotatable bonds is 5. The minimum absolute atomic E-state index is 0.208. The fraction of sp³-hybridized carbons (Fsp3) is 0.550. The van der Waals surface area contributed by atoms with E-state index >= 15 is 0 Å². The van der Waals surface area contributed by atoms with E-state index in [1.165, 1.54) is 0 Å². The van der Waals surface area contributed by atoms with Crippen molar-refractivity contribution < 1.29 is 14.3 Å². The van der Waals surface area contributed by atoms with Crippen LogP contribution in [0.1, 0.15) is 61.6 Å². The van der Waals surface area contributed by atoms with Crippen molar-refractivity contribution in [2.45, 2.75) is 52.5 Å².